The summed E-state index contributed by atoms with van der Waals surface area (Å²) < 4.78 is 5.19. The van der Waals surface area contributed by atoms with Crippen LogP contribution >= 0.6 is 0 Å². The van der Waals surface area contributed by atoms with Gasteiger partial charge in [-0.3, -0.25) is 4.79 Å². The zero-order chi connectivity index (χ0) is 14.6. The summed E-state index contributed by atoms with van der Waals surface area (Å²) in [6, 6.07) is 14.5. The molecule has 0 saturated carbocycles. The number of hydrogen-bond acceptors (Lipinski definition) is 2. The summed E-state index contributed by atoms with van der Waals surface area (Å²) in [6.45, 7) is 5.86. The van der Waals surface area contributed by atoms with Crippen molar-refractivity contribution in [1.82, 2.24) is 0 Å². The maximum Gasteiger partial charge on any atom is 0.311 e. The predicted molar refractivity (Wildman–Crippen MR) is 83.4 cm³/mol. The maximum atomic E-state index is 11.6. The minimum absolute atomic E-state index is 0.180. The van der Waals surface area contributed by atoms with Crippen molar-refractivity contribution in [3.8, 4) is 0 Å². The average molecular weight is 268 g/mol. The van der Waals surface area contributed by atoms with Crippen LogP contribution in [-0.2, 0) is 9.53 Å². The first-order valence-corrected chi connectivity index (χ1v) is 6.79. The van der Waals surface area contributed by atoms with Gasteiger partial charge in [-0.1, -0.05) is 42.5 Å². The Bertz CT molecular complexity index is 633. The molecular weight excluding hydrogens is 248 g/mol. The van der Waals surface area contributed by atoms with Gasteiger partial charge in [0.1, 0.15) is 6.61 Å². The van der Waals surface area contributed by atoms with Crippen LogP contribution in [0.25, 0.3) is 16.8 Å². The van der Waals surface area contributed by atoms with Gasteiger partial charge in [0.05, 0.1) is 5.41 Å². The van der Waals surface area contributed by atoms with Crippen molar-refractivity contribution in [1.29, 1.82) is 0 Å². The largest absolute Gasteiger partial charge is 0.461 e. The van der Waals surface area contributed by atoms with Gasteiger partial charge in [-0.05, 0) is 49.2 Å². The molecule has 0 aliphatic rings. The number of esters is 1. The highest BCUT2D eigenvalue weighted by Gasteiger charge is 2.22. The van der Waals surface area contributed by atoms with Crippen LogP contribution in [0.1, 0.15) is 26.3 Å². The van der Waals surface area contributed by atoms with E-state index in [2.05, 4.69) is 30.3 Å². The molecule has 0 aliphatic carbocycles. The van der Waals surface area contributed by atoms with Gasteiger partial charge in [0.2, 0.25) is 0 Å². The van der Waals surface area contributed by atoms with Gasteiger partial charge < -0.3 is 4.74 Å². The van der Waals surface area contributed by atoms with E-state index in [0.717, 1.165) is 5.56 Å². The summed E-state index contributed by atoms with van der Waals surface area (Å²) in [4.78, 5) is 11.6. The second kappa shape index (κ2) is 5.91. The second-order valence-electron chi connectivity index (χ2n) is 5.86. The highest BCUT2D eigenvalue weighted by molar-refractivity contribution is 5.84. The van der Waals surface area contributed by atoms with E-state index in [1.807, 2.05) is 45.1 Å². The van der Waals surface area contributed by atoms with Gasteiger partial charge in [-0.25, -0.2) is 0 Å². The maximum absolute atomic E-state index is 11.6. The highest BCUT2D eigenvalue weighted by atomic mass is 16.5. The number of rotatable bonds is 3. The van der Waals surface area contributed by atoms with Gasteiger partial charge in [0.25, 0.3) is 0 Å². The fourth-order valence-electron chi connectivity index (χ4n) is 1.84. The molecule has 2 heteroatoms. The van der Waals surface area contributed by atoms with E-state index in [9.17, 15) is 4.79 Å². The molecule has 0 atom stereocenters. The van der Waals surface area contributed by atoms with Crippen LogP contribution in [0.15, 0.2) is 48.5 Å². The Morgan fingerprint density at radius 2 is 1.80 bits per heavy atom. The summed E-state index contributed by atoms with van der Waals surface area (Å²) in [5.41, 5.74) is 0.659. The minimum Gasteiger partial charge on any atom is -0.461 e. The Labute approximate surface area is 120 Å². The molecule has 0 spiro atoms. The third-order valence-corrected chi connectivity index (χ3v) is 3.01. The summed E-state index contributed by atoms with van der Waals surface area (Å²) >= 11 is 0. The lowest BCUT2D eigenvalue weighted by Gasteiger charge is -2.15. The molecule has 0 N–H and O–H groups in total. The molecule has 0 aliphatic heterocycles. The standard InChI is InChI=1S/C18H20O2/c1-18(2,3)17(19)20-12-6-7-14-10-11-15-8-4-5-9-16(15)13-14/h4-11,13H,12H2,1-3H3/b7-6+. The number of fused-ring (bicyclic) bond motifs is 1. The van der Waals surface area contributed by atoms with E-state index < -0.39 is 5.41 Å². The van der Waals surface area contributed by atoms with Crippen LogP contribution in [0, 0.1) is 5.41 Å². The van der Waals surface area contributed by atoms with Gasteiger partial charge >= 0.3 is 5.97 Å². The van der Waals surface area contributed by atoms with Crippen molar-refractivity contribution in [2.45, 2.75) is 20.8 Å². The van der Waals surface area contributed by atoms with E-state index in [0.29, 0.717) is 6.61 Å². The van der Waals surface area contributed by atoms with Crippen LogP contribution in [-0.4, -0.2) is 12.6 Å². The Morgan fingerprint density at radius 3 is 2.50 bits per heavy atom. The van der Waals surface area contributed by atoms with Gasteiger partial charge in [-0.15, -0.1) is 0 Å². The first kappa shape index (κ1) is 14.3. The molecule has 0 aromatic heterocycles. The Hall–Kier alpha value is -2.09. The monoisotopic (exact) mass is 268 g/mol. The quantitative estimate of drug-likeness (QED) is 0.769. The number of hydrogen-bond donors (Lipinski definition) is 0. The molecule has 0 bridgehead atoms. The molecule has 0 radical (unpaired) electrons. The number of ether oxygens (including phenoxy) is 1. The van der Waals surface area contributed by atoms with Crippen molar-refractivity contribution in [3.63, 3.8) is 0 Å². The Kier molecular flexibility index (Phi) is 4.23. The first-order valence-electron chi connectivity index (χ1n) is 6.79. The molecule has 2 rings (SSSR count). The van der Waals surface area contributed by atoms with E-state index in [1.54, 1.807) is 0 Å². The SMILES string of the molecule is CC(C)(C)C(=O)OC/C=C/c1ccc2ccccc2c1. The van der Waals surface area contributed by atoms with Crippen LogP contribution in [0.2, 0.25) is 0 Å². The molecule has 0 saturated heterocycles. The van der Waals surface area contributed by atoms with Crippen LogP contribution in [0.3, 0.4) is 0 Å². The smallest absolute Gasteiger partial charge is 0.311 e. The molecule has 104 valence electrons. The summed E-state index contributed by atoms with van der Waals surface area (Å²) in [6.07, 6.45) is 3.84. The highest BCUT2D eigenvalue weighted by Crippen LogP contribution is 2.17. The van der Waals surface area contributed by atoms with Gasteiger partial charge in [-0.2, -0.15) is 0 Å². The molecule has 2 aromatic rings. The molecule has 0 unspecified atom stereocenters. The second-order valence-corrected chi connectivity index (χ2v) is 5.86. The zero-order valence-corrected chi connectivity index (χ0v) is 12.2. The van der Waals surface area contributed by atoms with Gasteiger partial charge in [0.15, 0.2) is 0 Å². The van der Waals surface area contributed by atoms with E-state index in [1.165, 1.54) is 10.8 Å². The lowest BCUT2D eigenvalue weighted by Crippen LogP contribution is -2.22. The molecule has 20 heavy (non-hydrogen) atoms. The number of carbonyl (C=O) groups is 1. The lowest BCUT2D eigenvalue weighted by atomic mass is 9.97. The Balaban J connectivity index is 1.98. The van der Waals surface area contributed by atoms with Crippen molar-refractivity contribution < 1.29 is 9.53 Å². The lowest BCUT2D eigenvalue weighted by molar-refractivity contribution is -0.151. The first-order chi connectivity index (χ1) is 9.47. The summed E-state index contributed by atoms with van der Waals surface area (Å²) in [5.74, 6) is -0.180. The van der Waals surface area contributed by atoms with Crippen molar-refractivity contribution in [2.75, 3.05) is 6.61 Å². The number of benzene rings is 2. The van der Waals surface area contributed by atoms with Gasteiger partial charge in [0, 0.05) is 0 Å². The molecule has 2 aromatic carbocycles. The van der Waals surface area contributed by atoms with Crippen LogP contribution in [0.5, 0.6) is 0 Å². The van der Waals surface area contributed by atoms with Crippen molar-refractivity contribution in [2.24, 2.45) is 5.41 Å². The molecular formula is C18H20O2. The van der Waals surface area contributed by atoms with E-state index in [-0.39, 0.29) is 5.97 Å². The van der Waals surface area contributed by atoms with Crippen LogP contribution in [0.4, 0.5) is 0 Å². The third kappa shape index (κ3) is 3.70. The topological polar surface area (TPSA) is 26.3 Å². The molecule has 0 fully saturated rings. The van der Waals surface area contributed by atoms with E-state index >= 15 is 0 Å². The minimum atomic E-state index is -0.448. The normalized spacial score (nSPS) is 11.9. The summed E-state index contributed by atoms with van der Waals surface area (Å²) in [5, 5.41) is 2.44. The van der Waals surface area contributed by atoms with Crippen molar-refractivity contribution in [3.05, 3.63) is 54.1 Å². The third-order valence-electron chi connectivity index (χ3n) is 3.01. The summed E-state index contributed by atoms with van der Waals surface area (Å²) in [7, 11) is 0. The van der Waals surface area contributed by atoms with Crippen molar-refractivity contribution >= 4 is 22.8 Å². The van der Waals surface area contributed by atoms with Crippen LogP contribution < -0.4 is 0 Å². The Morgan fingerprint density at radius 1 is 1.10 bits per heavy atom. The average Bonchev–Trinajstić information content (AvgIpc) is 2.42. The molecule has 0 heterocycles. The fraction of sp³-hybridized carbons (Fsp3) is 0.278. The van der Waals surface area contributed by atoms with E-state index in [4.69, 9.17) is 4.74 Å². The fourth-order valence-corrected chi connectivity index (χ4v) is 1.84. The zero-order valence-electron chi connectivity index (χ0n) is 12.2. The number of carbonyl (C=O) groups excluding carboxylic acids is 1. The predicted octanol–water partition coefficient (Wildman–Crippen LogP) is 4.44. The molecule has 0 amide bonds. The molecule has 2 nitrogen and oxygen atoms in total.